The number of carbonyl (C=O) groups excluding carboxylic acids is 1. The van der Waals surface area contributed by atoms with Crippen molar-refractivity contribution in [3.63, 3.8) is 0 Å². The second-order valence-corrected chi connectivity index (χ2v) is 12.8. The van der Waals surface area contributed by atoms with Gasteiger partial charge in [-0.2, -0.15) is 17.6 Å². The summed E-state index contributed by atoms with van der Waals surface area (Å²) in [5, 5.41) is 7.81. The van der Waals surface area contributed by atoms with Gasteiger partial charge in [-0.3, -0.25) is 4.79 Å². The van der Waals surface area contributed by atoms with Crippen LogP contribution in [0.4, 0.5) is 10.2 Å². The van der Waals surface area contributed by atoms with E-state index in [9.17, 15) is 17.6 Å². The van der Waals surface area contributed by atoms with Crippen LogP contribution in [-0.4, -0.2) is 59.5 Å². The van der Waals surface area contributed by atoms with E-state index in [0.717, 1.165) is 59.2 Å². The molecule has 5 heterocycles. The summed E-state index contributed by atoms with van der Waals surface area (Å²) >= 11 is 0. The predicted octanol–water partition coefficient (Wildman–Crippen LogP) is 3.75. The largest absolute Gasteiger partial charge is 0.357 e. The molecule has 2 saturated heterocycles. The second kappa shape index (κ2) is 10.2. The Kier molecular flexibility index (Phi) is 6.51. The Morgan fingerprint density at radius 3 is 2.57 bits per heavy atom. The first-order chi connectivity index (χ1) is 20.3. The lowest BCUT2D eigenvalue weighted by molar-refractivity contribution is 0.103. The fourth-order valence-corrected chi connectivity index (χ4v) is 7.51. The zero-order valence-corrected chi connectivity index (χ0v) is 23.6. The molecule has 1 unspecified atom stereocenters. The van der Waals surface area contributed by atoms with Crippen LogP contribution in [0.2, 0.25) is 0 Å². The van der Waals surface area contributed by atoms with Crippen molar-refractivity contribution < 1.29 is 17.6 Å². The highest BCUT2D eigenvalue weighted by Crippen LogP contribution is 2.44. The minimum atomic E-state index is -3.97. The first-order valence-corrected chi connectivity index (χ1v) is 15.5. The van der Waals surface area contributed by atoms with Gasteiger partial charge in [0, 0.05) is 37.0 Å². The van der Waals surface area contributed by atoms with Gasteiger partial charge < -0.3 is 10.2 Å². The summed E-state index contributed by atoms with van der Waals surface area (Å²) in [7, 11) is -3.97. The topological polar surface area (TPSA) is 110 Å². The number of ketones is 1. The molecule has 9 nitrogen and oxygen atoms in total. The van der Waals surface area contributed by atoms with Crippen molar-refractivity contribution in [1.29, 1.82) is 0 Å². The summed E-state index contributed by atoms with van der Waals surface area (Å²) in [6.07, 6.45) is 8.32. The lowest BCUT2D eigenvalue weighted by atomic mass is 9.66. The third-order valence-corrected chi connectivity index (χ3v) is 10.1. The molecule has 1 N–H and O–H groups in total. The van der Waals surface area contributed by atoms with Crippen LogP contribution in [0, 0.1) is 5.82 Å². The smallest absolute Gasteiger partial charge is 0.285 e. The van der Waals surface area contributed by atoms with Gasteiger partial charge in [-0.1, -0.05) is 11.6 Å². The van der Waals surface area contributed by atoms with E-state index in [1.54, 1.807) is 24.4 Å². The van der Waals surface area contributed by atoms with Gasteiger partial charge >= 0.3 is 0 Å². The molecule has 3 aliphatic rings. The molecule has 214 valence electrons. The standard InChI is InChI=1S/C31H29FN6O3S/c32-24-8-6-21(7-9-24)30(39)26-4-3-5-28(36-26)31-17-22-18-35-38(27(22)16-23(31)12-13-33-20-31)42(40,41)25-10-11-29(34-19-25)37-14-1-2-15-37/h3-11,16,18-19,33H,1-2,12-15,17,20H2. The van der Waals surface area contributed by atoms with Crippen molar-refractivity contribution >= 4 is 27.7 Å². The summed E-state index contributed by atoms with van der Waals surface area (Å²) in [6, 6.07) is 14.2. The van der Waals surface area contributed by atoms with E-state index in [0.29, 0.717) is 30.6 Å². The molecule has 0 spiro atoms. The third kappa shape index (κ3) is 4.44. The van der Waals surface area contributed by atoms with Crippen molar-refractivity contribution in [2.75, 3.05) is 31.1 Å². The zero-order valence-electron chi connectivity index (χ0n) is 22.8. The van der Waals surface area contributed by atoms with Gasteiger partial charge in [-0.25, -0.2) is 14.4 Å². The molecule has 0 bridgehead atoms. The number of hydrogen-bond donors (Lipinski definition) is 1. The quantitative estimate of drug-likeness (QED) is 0.342. The van der Waals surface area contributed by atoms with Gasteiger partial charge in [0.2, 0.25) is 5.78 Å². The van der Waals surface area contributed by atoms with Gasteiger partial charge in [0.1, 0.15) is 22.2 Å². The number of nitrogens with one attached hydrogen (secondary N) is 1. The molecule has 7 rings (SSSR count). The van der Waals surface area contributed by atoms with Gasteiger partial charge in [-0.05, 0) is 86.8 Å². The maximum absolute atomic E-state index is 13.7. The van der Waals surface area contributed by atoms with E-state index in [1.165, 1.54) is 30.5 Å². The van der Waals surface area contributed by atoms with Crippen molar-refractivity contribution in [1.82, 2.24) is 24.5 Å². The Morgan fingerprint density at radius 2 is 1.81 bits per heavy atom. The Hall–Kier alpha value is -4.22. The molecule has 2 fully saturated rings. The molecule has 4 aromatic rings. The number of anilines is 1. The third-order valence-electron chi connectivity index (χ3n) is 8.52. The summed E-state index contributed by atoms with van der Waals surface area (Å²) in [5.74, 6) is 0.0802. The molecular weight excluding hydrogens is 555 g/mol. The molecule has 2 aliphatic heterocycles. The highest BCUT2D eigenvalue weighted by Gasteiger charge is 2.44. The molecule has 0 radical (unpaired) electrons. The second-order valence-electron chi connectivity index (χ2n) is 11.0. The summed E-state index contributed by atoms with van der Waals surface area (Å²) < 4.78 is 42.0. The maximum Gasteiger partial charge on any atom is 0.285 e. The number of nitrogens with zero attached hydrogens (tertiary/aromatic N) is 5. The Labute approximate surface area is 243 Å². The summed E-state index contributed by atoms with van der Waals surface area (Å²) in [4.78, 5) is 24.7. The Bertz CT molecular complexity index is 1810. The highest BCUT2D eigenvalue weighted by molar-refractivity contribution is 7.89. The molecule has 1 atom stereocenters. The SMILES string of the molecule is O=C(c1ccc(F)cc1)c1cccc(C23CNCCC2=Cc2c(cnn2S(=O)(=O)c2ccc(N4CCCC4)nc2)C3)n1. The van der Waals surface area contributed by atoms with E-state index < -0.39 is 21.3 Å². The van der Waals surface area contributed by atoms with Crippen molar-refractivity contribution in [2.45, 2.75) is 36.0 Å². The van der Waals surface area contributed by atoms with E-state index >= 15 is 0 Å². The Morgan fingerprint density at radius 1 is 1.00 bits per heavy atom. The summed E-state index contributed by atoms with van der Waals surface area (Å²) in [5.41, 5.74) is 3.13. The number of rotatable bonds is 6. The normalized spacial score (nSPS) is 20.1. The van der Waals surface area contributed by atoms with Gasteiger partial charge in [0.05, 0.1) is 23.0 Å². The molecule has 1 aromatic carbocycles. The lowest BCUT2D eigenvalue weighted by Gasteiger charge is -2.42. The number of halogens is 1. The van der Waals surface area contributed by atoms with Crippen LogP contribution < -0.4 is 10.2 Å². The maximum atomic E-state index is 13.7. The molecule has 42 heavy (non-hydrogen) atoms. The first-order valence-electron chi connectivity index (χ1n) is 14.1. The molecular formula is C31H29FN6O3S. The van der Waals surface area contributed by atoms with Gasteiger partial charge in [0.25, 0.3) is 10.0 Å². The van der Waals surface area contributed by atoms with Crippen molar-refractivity contribution in [3.05, 3.63) is 107 Å². The number of fused-ring (bicyclic) bond motifs is 2. The number of benzene rings is 1. The van der Waals surface area contributed by atoms with Crippen LogP contribution in [0.3, 0.4) is 0 Å². The van der Waals surface area contributed by atoms with Gasteiger partial charge in [0.15, 0.2) is 0 Å². The van der Waals surface area contributed by atoms with E-state index in [2.05, 4.69) is 20.3 Å². The monoisotopic (exact) mass is 584 g/mol. The number of pyridine rings is 2. The van der Waals surface area contributed by atoms with Crippen LogP contribution in [-0.2, 0) is 21.9 Å². The van der Waals surface area contributed by atoms with Crippen LogP contribution >= 0.6 is 0 Å². The zero-order chi connectivity index (χ0) is 28.9. The number of aromatic nitrogens is 4. The highest BCUT2D eigenvalue weighted by atomic mass is 32.2. The number of piperidine rings is 1. The van der Waals surface area contributed by atoms with E-state index in [4.69, 9.17) is 4.98 Å². The van der Waals surface area contributed by atoms with E-state index in [1.807, 2.05) is 18.2 Å². The van der Waals surface area contributed by atoms with Crippen molar-refractivity contribution in [2.24, 2.45) is 0 Å². The first kappa shape index (κ1) is 26.7. The number of hydrogen-bond acceptors (Lipinski definition) is 8. The number of carbonyl (C=O) groups is 1. The summed E-state index contributed by atoms with van der Waals surface area (Å²) in [6.45, 7) is 3.17. The molecule has 0 amide bonds. The fourth-order valence-electron chi connectivity index (χ4n) is 6.28. The lowest BCUT2D eigenvalue weighted by Crippen LogP contribution is -2.48. The van der Waals surface area contributed by atoms with Gasteiger partial charge in [-0.15, -0.1) is 0 Å². The van der Waals surface area contributed by atoms with Crippen molar-refractivity contribution in [3.8, 4) is 0 Å². The van der Waals surface area contributed by atoms with Crippen LogP contribution in [0.1, 0.15) is 52.3 Å². The Balaban J connectivity index is 1.23. The molecule has 3 aromatic heterocycles. The average Bonchev–Trinajstić information content (AvgIpc) is 3.71. The van der Waals surface area contributed by atoms with Crippen LogP contribution in [0.5, 0.6) is 0 Å². The minimum Gasteiger partial charge on any atom is -0.357 e. The van der Waals surface area contributed by atoms with Crippen LogP contribution in [0.15, 0.2) is 77.5 Å². The molecule has 1 aliphatic carbocycles. The molecule has 11 heteroatoms. The minimum absolute atomic E-state index is 0.0885. The average molecular weight is 585 g/mol. The van der Waals surface area contributed by atoms with E-state index in [-0.39, 0.29) is 16.4 Å². The fraction of sp³-hybridized carbons (Fsp3) is 0.290. The molecule has 0 saturated carbocycles. The predicted molar refractivity (Wildman–Crippen MR) is 155 cm³/mol. The van der Waals surface area contributed by atoms with Crippen LogP contribution in [0.25, 0.3) is 6.08 Å².